The second kappa shape index (κ2) is 9.39. The van der Waals surface area contributed by atoms with E-state index in [9.17, 15) is 18.0 Å². The maximum absolute atomic E-state index is 13.2. The number of ether oxygens (including phenoxy) is 1. The van der Waals surface area contributed by atoms with Crippen LogP contribution in [0.4, 0.5) is 11.4 Å². The van der Waals surface area contributed by atoms with Crippen molar-refractivity contribution in [2.45, 2.75) is 47.0 Å². The van der Waals surface area contributed by atoms with Gasteiger partial charge in [-0.2, -0.15) is 0 Å². The summed E-state index contributed by atoms with van der Waals surface area (Å²) in [5.74, 6) is 0.702. The highest BCUT2D eigenvalue weighted by atomic mass is 32.2. The third-order valence-corrected chi connectivity index (χ3v) is 7.46. The van der Waals surface area contributed by atoms with Crippen molar-refractivity contribution >= 4 is 33.2 Å². The molecule has 1 aromatic rings. The molecule has 0 aromatic heterocycles. The lowest BCUT2D eigenvalue weighted by molar-refractivity contribution is -0.127. The molecule has 2 aliphatic rings. The molecule has 9 heteroatoms. The van der Waals surface area contributed by atoms with Crippen molar-refractivity contribution in [2.75, 3.05) is 42.7 Å². The van der Waals surface area contributed by atoms with Gasteiger partial charge < -0.3 is 15.0 Å². The first kappa shape index (κ1) is 24.5. The number of anilines is 2. The van der Waals surface area contributed by atoms with E-state index in [4.69, 9.17) is 4.74 Å². The number of sulfonamides is 1. The number of nitrogens with zero attached hydrogens (tertiary/aromatic N) is 2. The number of carbonyl (C=O) groups excluding carboxylic acids is 2. The third-order valence-electron chi connectivity index (χ3n) is 6.15. The summed E-state index contributed by atoms with van der Waals surface area (Å²) in [7, 11) is -3.23. The van der Waals surface area contributed by atoms with Crippen molar-refractivity contribution in [3.05, 3.63) is 18.2 Å². The van der Waals surface area contributed by atoms with Crippen LogP contribution in [0.5, 0.6) is 5.75 Å². The maximum Gasteiger partial charge on any atom is 0.236 e. The Labute approximate surface area is 191 Å². The summed E-state index contributed by atoms with van der Waals surface area (Å²) in [5.41, 5.74) is 0.628. The van der Waals surface area contributed by atoms with Crippen molar-refractivity contribution < 1.29 is 22.7 Å². The zero-order valence-electron chi connectivity index (χ0n) is 19.7. The number of benzene rings is 1. The molecule has 3 rings (SSSR count). The molecule has 8 nitrogen and oxygen atoms in total. The molecule has 0 spiro atoms. The predicted molar refractivity (Wildman–Crippen MR) is 125 cm³/mol. The van der Waals surface area contributed by atoms with Gasteiger partial charge in [0.2, 0.25) is 21.8 Å². The topological polar surface area (TPSA) is 96.0 Å². The molecule has 0 atom stereocenters. The highest BCUT2D eigenvalue weighted by Gasteiger charge is 2.38. The van der Waals surface area contributed by atoms with Gasteiger partial charge in [-0.1, -0.05) is 13.8 Å². The monoisotopic (exact) mass is 465 g/mol. The van der Waals surface area contributed by atoms with Crippen molar-refractivity contribution in [3.63, 3.8) is 0 Å². The van der Waals surface area contributed by atoms with E-state index in [-0.39, 0.29) is 17.7 Å². The Balaban J connectivity index is 1.77. The second-order valence-corrected chi connectivity index (χ2v) is 11.9. The first-order valence-electron chi connectivity index (χ1n) is 11.2. The van der Waals surface area contributed by atoms with Gasteiger partial charge >= 0.3 is 0 Å². The molecule has 1 fully saturated rings. The Kier molecular flexibility index (Phi) is 7.19. The highest BCUT2D eigenvalue weighted by Crippen LogP contribution is 2.38. The van der Waals surface area contributed by atoms with E-state index in [1.165, 1.54) is 10.6 Å². The van der Waals surface area contributed by atoms with Gasteiger partial charge in [0.15, 0.2) is 0 Å². The molecule has 1 saturated heterocycles. The number of fused-ring (bicyclic) bond motifs is 1. The lowest BCUT2D eigenvalue weighted by Gasteiger charge is -2.30. The average molecular weight is 466 g/mol. The van der Waals surface area contributed by atoms with Gasteiger partial charge in [0, 0.05) is 31.2 Å². The van der Waals surface area contributed by atoms with E-state index in [1.807, 2.05) is 13.8 Å². The minimum absolute atomic E-state index is 0.00789. The zero-order chi connectivity index (χ0) is 23.7. The van der Waals surface area contributed by atoms with Crippen LogP contribution >= 0.6 is 0 Å². The largest absolute Gasteiger partial charge is 0.490 e. The first-order chi connectivity index (χ1) is 14.9. The Morgan fingerprint density at radius 2 is 1.91 bits per heavy atom. The number of nitrogens with one attached hydrogen (secondary N) is 1. The molecule has 1 N–H and O–H groups in total. The summed E-state index contributed by atoms with van der Waals surface area (Å²) >= 11 is 0. The number of amides is 2. The van der Waals surface area contributed by atoms with Crippen molar-refractivity contribution in [1.29, 1.82) is 0 Å². The predicted octanol–water partition coefficient (Wildman–Crippen LogP) is 3.09. The van der Waals surface area contributed by atoms with Crippen LogP contribution in [-0.4, -0.2) is 57.0 Å². The molecular weight excluding hydrogens is 430 g/mol. The minimum Gasteiger partial charge on any atom is -0.490 e. The number of rotatable bonds is 6. The van der Waals surface area contributed by atoms with Crippen LogP contribution in [-0.2, 0) is 19.6 Å². The Morgan fingerprint density at radius 1 is 1.25 bits per heavy atom. The highest BCUT2D eigenvalue weighted by molar-refractivity contribution is 7.88. The van der Waals surface area contributed by atoms with Crippen LogP contribution in [0.15, 0.2) is 18.2 Å². The van der Waals surface area contributed by atoms with E-state index in [2.05, 4.69) is 19.2 Å². The van der Waals surface area contributed by atoms with Crippen LogP contribution in [0.2, 0.25) is 0 Å². The van der Waals surface area contributed by atoms with Crippen molar-refractivity contribution in [2.24, 2.45) is 17.3 Å². The van der Waals surface area contributed by atoms with Gasteiger partial charge in [0.05, 0.1) is 17.4 Å². The summed E-state index contributed by atoms with van der Waals surface area (Å²) in [4.78, 5) is 27.9. The molecule has 2 aliphatic heterocycles. The Morgan fingerprint density at radius 3 is 2.50 bits per heavy atom. The summed E-state index contributed by atoms with van der Waals surface area (Å²) in [6.45, 7) is 9.58. The molecular formula is C23H35N3O5S. The normalized spacial score (nSPS) is 19.9. The van der Waals surface area contributed by atoms with Crippen LogP contribution in [0.25, 0.3) is 0 Å². The fourth-order valence-electron chi connectivity index (χ4n) is 4.03. The van der Waals surface area contributed by atoms with E-state index in [0.29, 0.717) is 62.1 Å². The van der Waals surface area contributed by atoms with Crippen molar-refractivity contribution in [3.8, 4) is 5.75 Å². The fourth-order valence-corrected chi connectivity index (χ4v) is 4.90. The Bertz CT molecular complexity index is 966. The molecule has 0 aliphatic carbocycles. The first-order valence-corrected chi connectivity index (χ1v) is 13.1. The number of hydrogen-bond acceptors (Lipinski definition) is 5. The molecule has 32 heavy (non-hydrogen) atoms. The number of piperidine rings is 1. The molecule has 0 bridgehead atoms. The van der Waals surface area contributed by atoms with E-state index in [1.54, 1.807) is 23.1 Å². The summed E-state index contributed by atoms with van der Waals surface area (Å²) < 4.78 is 30.8. The van der Waals surface area contributed by atoms with E-state index < -0.39 is 15.4 Å². The molecule has 0 unspecified atom stereocenters. The number of hydrogen-bond donors (Lipinski definition) is 1. The smallest absolute Gasteiger partial charge is 0.236 e. The van der Waals surface area contributed by atoms with Gasteiger partial charge in [0.1, 0.15) is 12.4 Å². The summed E-state index contributed by atoms with van der Waals surface area (Å²) in [6, 6.07) is 5.39. The van der Waals surface area contributed by atoms with Crippen molar-refractivity contribution in [1.82, 2.24) is 4.31 Å². The minimum atomic E-state index is -3.23. The van der Waals surface area contributed by atoms with Crippen LogP contribution < -0.4 is 15.0 Å². The van der Waals surface area contributed by atoms with Gasteiger partial charge in [-0.15, -0.1) is 0 Å². The van der Waals surface area contributed by atoms with Crippen LogP contribution in [0, 0.1) is 17.3 Å². The summed E-state index contributed by atoms with van der Waals surface area (Å²) in [6.07, 6.45) is 3.02. The molecule has 2 heterocycles. The Hall–Kier alpha value is -2.13. The molecule has 178 valence electrons. The lowest BCUT2D eigenvalue weighted by atomic mass is 9.92. The van der Waals surface area contributed by atoms with Crippen LogP contribution in [0.3, 0.4) is 0 Å². The van der Waals surface area contributed by atoms with E-state index in [0.717, 1.165) is 6.42 Å². The molecule has 0 saturated carbocycles. The van der Waals surface area contributed by atoms with Gasteiger partial charge in [0.25, 0.3) is 0 Å². The van der Waals surface area contributed by atoms with Gasteiger partial charge in [-0.05, 0) is 57.2 Å². The standard InChI is InChI=1S/C23H35N3O5S/c1-16(2)8-13-26-19-14-18(6-7-20(19)31-15-23(3,4)22(26)28)24-21(27)17-9-11-25(12-10-17)32(5,29)30/h6-7,14,16-17H,8-13,15H2,1-5H3,(H,24,27). The second-order valence-electron chi connectivity index (χ2n) is 9.92. The molecule has 1 aromatic carbocycles. The van der Waals surface area contributed by atoms with Gasteiger partial charge in [-0.3, -0.25) is 9.59 Å². The van der Waals surface area contributed by atoms with Gasteiger partial charge in [-0.25, -0.2) is 12.7 Å². The average Bonchev–Trinajstić information content (AvgIpc) is 2.80. The quantitative estimate of drug-likeness (QED) is 0.696. The SMILES string of the molecule is CC(C)CCN1C(=O)C(C)(C)COc2ccc(NC(=O)C3CCN(S(C)(=O)=O)CC3)cc21. The molecule has 0 radical (unpaired) electrons. The molecule has 2 amide bonds. The third kappa shape index (κ3) is 5.61. The van der Waals surface area contributed by atoms with Crippen LogP contribution in [0.1, 0.15) is 47.0 Å². The number of carbonyl (C=O) groups is 2. The maximum atomic E-state index is 13.2. The fraction of sp³-hybridized carbons (Fsp3) is 0.652. The summed E-state index contributed by atoms with van der Waals surface area (Å²) in [5, 5.41) is 2.96. The zero-order valence-corrected chi connectivity index (χ0v) is 20.5. The van der Waals surface area contributed by atoms with E-state index >= 15 is 0 Å². The lowest BCUT2D eigenvalue weighted by Crippen LogP contribution is -2.43.